The van der Waals surface area contributed by atoms with Gasteiger partial charge in [0, 0.05) is 6.42 Å². The van der Waals surface area contributed by atoms with Crippen molar-refractivity contribution in [1.82, 2.24) is 0 Å². The smallest absolute Gasteiger partial charge is 0.295 e. The quantitative estimate of drug-likeness (QED) is 0.315. The molecule has 1 atom stereocenters. The zero-order valence-corrected chi connectivity index (χ0v) is 8.33. The van der Waals surface area contributed by atoms with Crippen molar-refractivity contribution in [2.75, 3.05) is 6.79 Å². The van der Waals surface area contributed by atoms with Crippen LogP contribution in [0.3, 0.4) is 0 Å². The van der Waals surface area contributed by atoms with Gasteiger partial charge < -0.3 is 9.47 Å². The molecule has 3 nitrogen and oxygen atoms in total. The van der Waals surface area contributed by atoms with Crippen LogP contribution in [0, 0.1) is 0 Å². The van der Waals surface area contributed by atoms with Crippen LogP contribution in [0.4, 0.5) is 8.78 Å². The standard InChI is InChI=1S/C10H14F2O3/c11-10(12)5-2-1-3-9(4-6-10)15-8-14-7-13/h2,5,7,9H,1,3-4,6,8H2/b5-2-. The third-order valence-electron chi connectivity index (χ3n) is 2.26. The molecule has 0 aliphatic heterocycles. The number of ether oxygens (including phenoxy) is 2. The van der Waals surface area contributed by atoms with Crippen molar-refractivity contribution in [1.29, 1.82) is 0 Å². The predicted octanol–water partition coefficient (Wildman–Crippen LogP) is 2.27. The molecular weight excluding hydrogens is 206 g/mol. The summed E-state index contributed by atoms with van der Waals surface area (Å²) in [4.78, 5) is 9.84. The fourth-order valence-corrected chi connectivity index (χ4v) is 1.45. The number of halogens is 2. The minimum atomic E-state index is -2.74. The summed E-state index contributed by atoms with van der Waals surface area (Å²) >= 11 is 0. The lowest BCUT2D eigenvalue weighted by molar-refractivity contribution is -0.147. The number of carbonyl (C=O) groups is 1. The normalized spacial score (nSPS) is 27.5. The number of allylic oxidation sites excluding steroid dienone is 2. The van der Waals surface area contributed by atoms with Gasteiger partial charge in [-0.05, 0) is 25.3 Å². The molecule has 0 N–H and O–H groups in total. The maximum Gasteiger partial charge on any atom is 0.295 e. The van der Waals surface area contributed by atoms with E-state index in [2.05, 4.69) is 4.74 Å². The van der Waals surface area contributed by atoms with E-state index in [-0.39, 0.29) is 32.2 Å². The Balaban J connectivity index is 2.35. The average molecular weight is 220 g/mol. The van der Waals surface area contributed by atoms with Crippen LogP contribution in [-0.4, -0.2) is 25.3 Å². The number of rotatable bonds is 4. The first-order valence-corrected chi connectivity index (χ1v) is 4.86. The second kappa shape index (κ2) is 5.80. The summed E-state index contributed by atoms with van der Waals surface area (Å²) in [6.07, 6.45) is 3.44. The summed E-state index contributed by atoms with van der Waals surface area (Å²) in [5.41, 5.74) is 0. The second-order valence-electron chi connectivity index (χ2n) is 3.45. The highest BCUT2D eigenvalue weighted by molar-refractivity contribution is 5.36. The van der Waals surface area contributed by atoms with Crippen molar-refractivity contribution in [3.8, 4) is 0 Å². The molecule has 0 aromatic heterocycles. The van der Waals surface area contributed by atoms with Gasteiger partial charge >= 0.3 is 0 Å². The number of alkyl halides is 2. The fourth-order valence-electron chi connectivity index (χ4n) is 1.45. The third-order valence-corrected chi connectivity index (χ3v) is 2.26. The summed E-state index contributed by atoms with van der Waals surface area (Å²) in [5.74, 6) is -2.74. The Labute approximate surface area is 87.0 Å². The summed E-state index contributed by atoms with van der Waals surface area (Å²) < 4.78 is 35.4. The van der Waals surface area contributed by atoms with Gasteiger partial charge in [-0.25, -0.2) is 8.78 Å². The predicted molar refractivity (Wildman–Crippen MR) is 49.4 cm³/mol. The van der Waals surface area contributed by atoms with Crippen molar-refractivity contribution < 1.29 is 23.0 Å². The molecule has 5 heteroatoms. The molecule has 86 valence electrons. The minimum absolute atomic E-state index is 0.163. The molecule has 0 saturated carbocycles. The van der Waals surface area contributed by atoms with E-state index in [9.17, 15) is 13.6 Å². The van der Waals surface area contributed by atoms with Crippen molar-refractivity contribution in [2.45, 2.75) is 37.7 Å². The van der Waals surface area contributed by atoms with Crippen LogP contribution < -0.4 is 0 Å². The maximum atomic E-state index is 13.0. The lowest BCUT2D eigenvalue weighted by atomic mass is 10.0. The molecule has 1 rings (SSSR count). The molecular formula is C10H14F2O3. The molecule has 1 aliphatic carbocycles. The van der Waals surface area contributed by atoms with Crippen molar-refractivity contribution in [3.63, 3.8) is 0 Å². The Bertz CT molecular complexity index is 229. The minimum Gasteiger partial charge on any atom is -0.441 e. The van der Waals surface area contributed by atoms with Crippen molar-refractivity contribution in [2.24, 2.45) is 0 Å². The third kappa shape index (κ3) is 4.88. The highest BCUT2D eigenvalue weighted by atomic mass is 19.3. The van der Waals surface area contributed by atoms with E-state index in [1.165, 1.54) is 6.08 Å². The molecule has 0 bridgehead atoms. The molecule has 0 amide bonds. The van der Waals surface area contributed by atoms with Gasteiger partial charge in [-0.15, -0.1) is 0 Å². The molecule has 0 spiro atoms. The van der Waals surface area contributed by atoms with E-state index < -0.39 is 5.92 Å². The second-order valence-corrected chi connectivity index (χ2v) is 3.45. The zero-order chi connectivity index (χ0) is 11.1. The van der Waals surface area contributed by atoms with Crippen LogP contribution >= 0.6 is 0 Å². The Kier molecular flexibility index (Phi) is 4.68. The molecule has 0 fully saturated rings. The van der Waals surface area contributed by atoms with E-state index in [1.807, 2.05) is 0 Å². The summed E-state index contributed by atoms with van der Waals surface area (Å²) in [5, 5.41) is 0. The fraction of sp³-hybridized carbons (Fsp3) is 0.700. The van der Waals surface area contributed by atoms with E-state index in [0.29, 0.717) is 12.8 Å². The van der Waals surface area contributed by atoms with E-state index in [0.717, 1.165) is 6.08 Å². The Hall–Kier alpha value is -0.970. The first kappa shape index (κ1) is 12.1. The largest absolute Gasteiger partial charge is 0.441 e. The van der Waals surface area contributed by atoms with Gasteiger partial charge in [0.25, 0.3) is 12.4 Å². The van der Waals surface area contributed by atoms with Gasteiger partial charge in [0.15, 0.2) is 6.79 Å². The molecule has 0 radical (unpaired) electrons. The first-order chi connectivity index (χ1) is 7.14. The van der Waals surface area contributed by atoms with Gasteiger partial charge in [-0.2, -0.15) is 0 Å². The lowest BCUT2D eigenvalue weighted by Crippen LogP contribution is -2.22. The summed E-state index contributed by atoms with van der Waals surface area (Å²) in [7, 11) is 0. The monoisotopic (exact) mass is 220 g/mol. The van der Waals surface area contributed by atoms with Gasteiger partial charge in [0.1, 0.15) is 0 Å². The molecule has 1 aliphatic rings. The van der Waals surface area contributed by atoms with Crippen LogP contribution in [-0.2, 0) is 14.3 Å². The Morgan fingerprint density at radius 3 is 3.00 bits per heavy atom. The number of carbonyl (C=O) groups excluding carboxylic acids is 1. The highest BCUT2D eigenvalue weighted by Crippen LogP contribution is 2.27. The Morgan fingerprint density at radius 1 is 1.47 bits per heavy atom. The zero-order valence-electron chi connectivity index (χ0n) is 8.33. The number of hydrogen-bond acceptors (Lipinski definition) is 3. The topological polar surface area (TPSA) is 35.5 Å². The van der Waals surface area contributed by atoms with E-state index in [1.54, 1.807) is 0 Å². The number of hydrogen-bond donors (Lipinski definition) is 0. The summed E-state index contributed by atoms with van der Waals surface area (Å²) in [6, 6.07) is 0. The molecule has 1 unspecified atom stereocenters. The first-order valence-electron chi connectivity index (χ1n) is 4.86. The van der Waals surface area contributed by atoms with Gasteiger partial charge in [-0.1, -0.05) is 6.08 Å². The maximum absolute atomic E-state index is 13.0. The lowest BCUT2D eigenvalue weighted by Gasteiger charge is -2.21. The van der Waals surface area contributed by atoms with E-state index in [4.69, 9.17) is 4.74 Å². The average Bonchev–Trinajstić information content (AvgIpc) is 2.17. The summed E-state index contributed by atoms with van der Waals surface area (Å²) in [6.45, 7) is 0.112. The van der Waals surface area contributed by atoms with E-state index >= 15 is 0 Å². The molecule has 0 saturated heterocycles. The van der Waals surface area contributed by atoms with Crippen LogP contribution in [0.1, 0.15) is 25.7 Å². The highest BCUT2D eigenvalue weighted by Gasteiger charge is 2.27. The van der Waals surface area contributed by atoms with Crippen LogP contribution in [0.25, 0.3) is 0 Å². The molecule has 0 aromatic rings. The van der Waals surface area contributed by atoms with Crippen molar-refractivity contribution in [3.05, 3.63) is 12.2 Å². The molecule has 0 aromatic carbocycles. The van der Waals surface area contributed by atoms with Gasteiger partial charge in [-0.3, -0.25) is 4.79 Å². The van der Waals surface area contributed by atoms with Gasteiger partial charge in [0.2, 0.25) is 0 Å². The van der Waals surface area contributed by atoms with Crippen molar-refractivity contribution >= 4 is 6.47 Å². The molecule has 0 heterocycles. The Morgan fingerprint density at radius 2 is 2.27 bits per heavy atom. The van der Waals surface area contributed by atoms with Gasteiger partial charge in [0.05, 0.1) is 6.10 Å². The van der Waals surface area contributed by atoms with Crippen LogP contribution in [0.15, 0.2) is 12.2 Å². The molecule has 15 heavy (non-hydrogen) atoms. The SMILES string of the molecule is O=COCOC1CC/C=C\C(F)(F)CC1. The van der Waals surface area contributed by atoms with Crippen LogP contribution in [0.2, 0.25) is 0 Å². The van der Waals surface area contributed by atoms with Crippen LogP contribution in [0.5, 0.6) is 0 Å².